The first-order valence-electron chi connectivity index (χ1n) is 10.0. The molecule has 1 aliphatic heterocycles. The second-order valence-corrected chi connectivity index (χ2v) is 8.34. The van der Waals surface area contributed by atoms with Crippen molar-refractivity contribution in [3.8, 4) is 11.5 Å². The summed E-state index contributed by atoms with van der Waals surface area (Å²) in [6, 6.07) is 5.78. The highest BCUT2D eigenvalue weighted by atomic mass is 32.2. The lowest BCUT2D eigenvalue weighted by Gasteiger charge is -2.12. The fraction of sp³-hybridized carbons (Fsp3) is 0.318. The van der Waals surface area contributed by atoms with E-state index in [-0.39, 0.29) is 11.5 Å². The molecule has 0 spiro atoms. The summed E-state index contributed by atoms with van der Waals surface area (Å²) < 4.78 is 22.6. The van der Waals surface area contributed by atoms with Crippen molar-refractivity contribution in [2.45, 2.75) is 25.0 Å². The van der Waals surface area contributed by atoms with Gasteiger partial charge < -0.3 is 28.5 Å². The summed E-state index contributed by atoms with van der Waals surface area (Å²) in [5.41, 5.74) is 1.28. The molecule has 9 nitrogen and oxygen atoms in total. The van der Waals surface area contributed by atoms with Gasteiger partial charge in [0.1, 0.15) is 17.3 Å². The summed E-state index contributed by atoms with van der Waals surface area (Å²) in [5.74, 6) is 1.80. The Kier molecular flexibility index (Phi) is 6.52. The number of furan rings is 1. The van der Waals surface area contributed by atoms with Gasteiger partial charge in [-0.2, -0.15) is 4.98 Å². The van der Waals surface area contributed by atoms with Crippen LogP contribution in [0.15, 0.2) is 39.2 Å². The lowest BCUT2D eigenvalue weighted by molar-refractivity contribution is -0.131. The van der Waals surface area contributed by atoms with Crippen molar-refractivity contribution < 1.29 is 27.9 Å². The van der Waals surface area contributed by atoms with E-state index >= 15 is 0 Å². The number of ether oxygens (including phenoxy) is 2. The van der Waals surface area contributed by atoms with E-state index in [1.165, 1.54) is 11.8 Å². The Bertz CT molecular complexity index is 1180. The van der Waals surface area contributed by atoms with Crippen molar-refractivity contribution in [3.05, 3.63) is 47.4 Å². The highest BCUT2D eigenvalue weighted by Crippen LogP contribution is 2.41. The maximum Gasteiger partial charge on any atom is 0.336 e. The lowest BCUT2D eigenvalue weighted by Crippen LogP contribution is -2.09. The standard InChI is InChI=1S/C22H23N3O6S/c1-4-23-22-24-20-17(30-22)9-16-15(21(20)31-19(27)8-7-18(26)29-16)12-32-11-14-6-5-13(28-14)10-25(2)3/h5-9H,4,10-12H2,1-3H3,(H,23,24)/b8-7+. The van der Waals surface area contributed by atoms with Gasteiger partial charge in [-0.3, -0.25) is 0 Å². The number of aromatic nitrogens is 1. The van der Waals surface area contributed by atoms with Crippen molar-refractivity contribution in [2.75, 3.05) is 26.0 Å². The number of hydrogen-bond donors (Lipinski definition) is 1. The van der Waals surface area contributed by atoms with Gasteiger partial charge in [0.25, 0.3) is 6.01 Å². The Balaban J connectivity index is 1.64. The van der Waals surface area contributed by atoms with E-state index in [1.54, 1.807) is 6.07 Å². The number of benzene rings is 1. The third kappa shape index (κ3) is 4.97. The van der Waals surface area contributed by atoms with Crippen LogP contribution in [0.1, 0.15) is 24.0 Å². The van der Waals surface area contributed by atoms with Crippen molar-refractivity contribution in [1.82, 2.24) is 9.88 Å². The number of carbonyl (C=O) groups excluding carboxylic acids is 2. The Morgan fingerprint density at radius 3 is 2.53 bits per heavy atom. The number of rotatable bonds is 8. The first-order valence-corrected chi connectivity index (χ1v) is 11.2. The predicted molar refractivity (Wildman–Crippen MR) is 120 cm³/mol. The predicted octanol–water partition coefficient (Wildman–Crippen LogP) is 3.73. The Hall–Kier alpha value is -3.24. The van der Waals surface area contributed by atoms with E-state index in [0.717, 1.165) is 30.2 Å². The van der Waals surface area contributed by atoms with Crippen LogP contribution in [0.3, 0.4) is 0 Å². The molecule has 0 saturated carbocycles. The van der Waals surface area contributed by atoms with E-state index < -0.39 is 11.9 Å². The van der Waals surface area contributed by atoms with Crippen LogP contribution in [-0.2, 0) is 27.6 Å². The van der Waals surface area contributed by atoms with Crippen LogP contribution < -0.4 is 14.8 Å². The minimum Gasteiger partial charge on any atom is -0.464 e. The Morgan fingerprint density at radius 1 is 1.03 bits per heavy atom. The van der Waals surface area contributed by atoms with Crippen LogP contribution in [0.2, 0.25) is 0 Å². The number of esters is 2. The molecule has 3 heterocycles. The van der Waals surface area contributed by atoms with E-state index in [9.17, 15) is 9.59 Å². The van der Waals surface area contributed by atoms with Gasteiger partial charge in [0.05, 0.1) is 17.9 Å². The summed E-state index contributed by atoms with van der Waals surface area (Å²) in [4.78, 5) is 30.8. The summed E-state index contributed by atoms with van der Waals surface area (Å²) in [5, 5.41) is 2.99. The number of fused-ring (bicyclic) bond motifs is 4. The third-order valence-corrected chi connectivity index (χ3v) is 5.46. The van der Waals surface area contributed by atoms with Gasteiger partial charge in [0.2, 0.25) is 0 Å². The molecule has 0 saturated heterocycles. The van der Waals surface area contributed by atoms with Crippen molar-refractivity contribution >= 4 is 40.8 Å². The maximum absolute atomic E-state index is 12.2. The van der Waals surface area contributed by atoms with Crippen LogP contribution in [0, 0.1) is 0 Å². The van der Waals surface area contributed by atoms with Crippen molar-refractivity contribution in [1.29, 1.82) is 0 Å². The molecule has 168 valence electrons. The molecular formula is C22H23N3O6S. The van der Waals surface area contributed by atoms with Crippen LogP contribution in [0.25, 0.3) is 11.1 Å². The highest BCUT2D eigenvalue weighted by Gasteiger charge is 2.25. The van der Waals surface area contributed by atoms with Gasteiger partial charge in [-0.25, -0.2) is 9.59 Å². The third-order valence-electron chi connectivity index (χ3n) is 4.48. The van der Waals surface area contributed by atoms with Gasteiger partial charge in [-0.15, -0.1) is 11.8 Å². The Morgan fingerprint density at radius 2 is 1.78 bits per heavy atom. The molecule has 3 aromatic rings. The molecule has 0 fully saturated rings. The normalized spacial score (nSPS) is 14.6. The fourth-order valence-electron chi connectivity index (χ4n) is 3.18. The number of nitrogens with one attached hydrogen (secondary N) is 1. The molecule has 0 atom stereocenters. The highest BCUT2D eigenvalue weighted by molar-refractivity contribution is 7.97. The number of oxazole rings is 1. The van der Waals surface area contributed by atoms with Gasteiger partial charge >= 0.3 is 11.9 Å². The second-order valence-electron chi connectivity index (χ2n) is 7.35. The number of nitrogens with zero attached hydrogens (tertiary/aromatic N) is 2. The zero-order valence-electron chi connectivity index (χ0n) is 18.0. The van der Waals surface area contributed by atoms with E-state index in [1.807, 2.05) is 38.1 Å². The lowest BCUT2D eigenvalue weighted by atomic mass is 10.1. The molecule has 0 radical (unpaired) electrons. The van der Waals surface area contributed by atoms with Crippen LogP contribution in [0.5, 0.6) is 11.5 Å². The van der Waals surface area contributed by atoms with Crippen molar-refractivity contribution in [2.24, 2.45) is 0 Å². The summed E-state index contributed by atoms with van der Waals surface area (Å²) in [6.45, 7) is 3.23. The van der Waals surface area contributed by atoms with Crippen molar-refractivity contribution in [3.63, 3.8) is 0 Å². The van der Waals surface area contributed by atoms with Gasteiger partial charge in [0.15, 0.2) is 16.8 Å². The van der Waals surface area contributed by atoms with Crippen LogP contribution >= 0.6 is 11.8 Å². The number of hydrogen-bond acceptors (Lipinski definition) is 10. The fourth-order valence-corrected chi connectivity index (χ4v) is 4.12. The SMILES string of the molecule is CCNc1nc2c3c(CSCc4ccc(CN(C)C)o4)c(cc2o1)OC(=O)/C=C/C(=O)O3. The largest absolute Gasteiger partial charge is 0.464 e. The van der Waals surface area contributed by atoms with Gasteiger partial charge in [-0.05, 0) is 33.2 Å². The van der Waals surface area contributed by atoms with E-state index in [2.05, 4.69) is 10.3 Å². The van der Waals surface area contributed by atoms with Crippen LogP contribution in [-0.4, -0.2) is 42.5 Å². The van der Waals surface area contributed by atoms with Gasteiger partial charge in [0, 0.05) is 30.5 Å². The first kappa shape index (κ1) is 22.0. The van der Waals surface area contributed by atoms with E-state index in [0.29, 0.717) is 40.7 Å². The smallest absolute Gasteiger partial charge is 0.336 e. The molecule has 1 N–H and O–H groups in total. The summed E-state index contributed by atoms with van der Waals surface area (Å²) in [7, 11) is 3.96. The number of thioether (sulfide) groups is 1. The molecule has 2 bridgehead atoms. The number of anilines is 1. The maximum atomic E-state index is 12.2. The number of carbonyl (C=O) groups is 2. The first-order chi connectivity index (χ1) is 15.4. The quantitative estimate of drug-likeness (QED) is 0.397. The monoisotopic (exact) mass is 457 g/mol. The topological polar surface area (TPSA) is 107 Å². The Labute approximate surface area is 188 Å². The molecule has 0 unspecified atom stereocenters. The zero-order chi connectivity index (χ0) is 22.7. The minimum absolute atomic E-state index is 0.218. The molecule has 1 aliphatic rings. The molecule has 1 aromatic carbocycles. The average molecular weight is 458 g/mol. The average Bonchev–Trinajstić information content (AvgIpc) is 3.34. The molecule has 0 aliphatic carbocycles. The molecule has 4 rings (SSSR count). The van der Waals surface area contributed by atoms with Gasteiger partial charge in [-0.1, -0.05) is 0 Å². The summed E-state index contributed by atoms with van der Waals surface area (Å²) >= 11 is 1.54. The molecular weight excluding hydrogens is 434 g/mol. The minimum atomic E-state index is -0.694. The van der Waals surface area contributed by atoms with Crippen LogP contribution in [0.4, 0.5) is 6.01 Å². The molecule has 32 heavy (non-hydrogen) atoms. The molecule has 2 aromatic heterocycles. The molecule has 10 heteroatoms. The zero-order valence-corrected chi connectivity index (χ0v) is 18.8. The molecule has 0 amide bonds. The van der Waals surface area contributed by atoms with E-state index in [4.69, 9.17) is 18.3 Å². The second kappa shape index (κ2) is 9.49. The summed E-state index contributed by atoms with van der Waals surface area (Å²) in [6.07, 6.45) is 2.06.